The second kappa shape index (κ2) is 53.0. The van der Waals surface area contributed by atoms with E-state index in [1.54, 1.807) is 0 Å². The number of allylic oxidation sites excluding steroid dienone is 8. The van der Waals surface area contributed by atoms with Crippen molar-refractivity contribution in [3.8, 4) is 0 Å². The fourth-order valence-corrected chi connectivity index (χ4v) is 7.93. The lowest BCUT2D eigenvalue weighted by molar-refractivity contribution is -0.167. The summed E-state index contributed by atoms with van der Waals surface area (Å²) in [5.41, 5.74) is 0. The molecule has 372 valence electrons. The molecule has 6 nitrogen and oxygen atoms in total. The van der Waals surface area contributed by atoms with Crippen molar-refractivity contribution in [2.75, 3.05) is 13.2 Å². The summed E-state index contributed by atoms with van der Waals surface area (Å²) in [5.74, 6) is -0.937. The highest BCUT2D eigenvalue weighted by Crippen LogP contribution is 2.16. The molecule has 0 radical (unpaired) electrons. The van der Waals surface area contributed by atoms with Crippen LogP contribution in [0.2, 0.25) is 0 Å². The molecule has 0 heterocycles. The molecule has 0 saturated carbocycles. The number of carbonyl (C=O) groups excluding carboxylic acids is 3. The first kappa shape index (κ1) is 61.4. The lowest BCUT2D eigenvalue weighted by Gasteiger charge is -2.18. The number of esters is 3. The number of hydrogen-bond acceptors (Lipinski definition) is 6. The van der Waals surface area contributed by atoms with Gasteiger partial charge in [-0.2, -0.15) is 0 Å². The van der Waals surface area contributed by atoms with Crippen LogP contribution in [0.1, 0.15) is 284 Å². The Morgan fingerprint density at radius 3 is 1.03 bits per heavy atom. The van der Waals surface area contributed by atoms with Gasteiger partial charge in [-0.05, 0) is 70.6 Å². The second-order valence-electron chi connectivity index (χ2n) is 18.5. The molecular weight excluding hydrogens is 793 g/mol. The summed E-state index contributed by atoms with van der Waals surface area (Å²) in [6.07, 6.45) is 64.0. The Hall–Kier alpha value is -2.63. The molecule has 0 fully saturated rings. The Balaban J connectivity index is 4.34. The van der Waals surface area contributed by atoms with Crippen molar-refractivity contribution in [1.29, 1.82) is 0 Å². The van der Waals surface area contributed by atoms with Crippen molar-refractivity contribution in [3.05, 3.63) is 48.6 Å². The third-order valence-corrected chi connectivity index (χ3v) is 12.1. The summed E-state index contributed by atoms with van der Waals surface area (Å²) in [6.45, 7) is 6.50. The minimum atomic E-state index is -0.791. The summed E-state index contributed by atoms with van der Waals surface area (Å²) in [6, 6.07) is 0. The van der Waals surface area contributed by atoms with Crippen LogP contribution in [0.5, 0.6) is 0 Å². The maximum absolute atomic E-state index is 12.8. The highest BCUT2D eigenvalue weighted by atomic mass is 16.6. The molecule has 0 rings (SSSR count). The van der Waals surface area contributed by atoms with Crippen molar-refractivity contribution < 1.29 is 28.6 Å². The summed E-state index contributed by atoms with van der Waals surface area (Å²) >= 11 is 0. The van der Waals surface area contributed by atoms with Crippen LogP contribution >= 0.6 is 0 Å². The largest absolute Gasteiger partial charge is 0.462 e. The SMILES string of the molecule is CC/C=C\C/C=C\C/C=C\CCCC(=O)OCC(COC(=O)CCCCCCCCC/C=C\CCCCCCCCCC)OC(=O)CCCCCCCCCCCCCCCCCC. The Bertz CT molecular complexity index is 1120. The molecular formula is C58H104O6. The fraction of sp³-hybridized carbons (Fsp3) is 0.810. The van der Waals surface area contributed by atoms with E-state index in [0.29, 0.717) is 19.3 Å². The molecule has 1 unspecified atom stereocenters. The normalized spacial score (nSPS) is 12.4. The standard InChI is InChI=1S/C58H104O6/c1-4-7-10-13-16-19-22-24-26-28-29-30-32-33-36-39-42-45-48-51-57(60)63-54-55(53-62-56(59)50-47-44-41-38-35-21-18-15-12-9-6-3)64-58(61)52-49-46-43-40-37-34-31-27-25-23-20-17-14-11-8-5-2/h9,12,18,21,28-29,38,41,55H,4-8,10-11,13-17,19-20,22-27,30-37,39-40,42-54H2,1-3H3/b12-9-,21-18-,29-28-,41-38-. The van der Waals surface area contributed by atoms with Gasteiger partial charge in [0.05, 0.1) is 0 Å². The molecule has 6 heteroatoms. The van der Waals surface area contributed by atoms with Crippen LogP contribution in [0, 0.1) is 0 Å². The summed E-state index contributed by atoms with van der Waals surface area (Å²) < 4.78 is 16.8. The van der Waals surface area contributed by atoms with Gasteiger partial charge in [0.1, 0.15) is 13.2 Å². The highest BCUT2D eigenvalue weighted by molar-refractivity contribution is 5.71. The maximum atomic E-state index is 12.8. The predicted octanol–water partition coefficient (Wildman–Crippen LogP) is 18.3. The zero-order valence-corrected chi connectivity index (χ0v) is 42.6. The molecule has 0 aromatic rings. The van der Waals surface area contributed by atoms with Crippen LogP contribution in [-0.4, -0.2) is 37.2 Å². The van der Waals surface area contributed by atoms with Gasteiger partial charge in [0.25, 0.3) is 0 Å². The number of unbranched alkanes of at least 4 members (excludes halogenated alkanes) is 31. The Labute approximate surface area is 397 Å². The number of ether oxygens (including phenoxy) is 3. The summed E-state index contributed by atoms with van der Waals surface area (Å²) in [5, 5.41) is 0. The van der Waals surface area contributed by atoms with E-state index in [2.05, 4.69) is 69.4 Å². The molecule has 0 aliphatic heterocycles. The monoisotopic (exact) mass is 897 g/mol. The molecule has 0 aliphatic carbocycles. The van der Waals surface area contributed by atoms with Crippen molar-refractivity contribution >= 4 is 17.9 Å². The third kappa shape index (κ3) is 50.4. The Kier molecular flexibility index (Phi) is 50.8. The van der Waals surface area contributed by atoms with Crippen LogP contribution < -0.4 is 0 Å². The fourth-order valence-electron chi connectivity index (χ4n) is 7.93. The molecule has 64 heavy (non-hydrogen) atoms. The molecule has 0 bridgehead atoms. The first-order chi connectivity index (χ1) is 31.5. The molecule has 0 aliphatic rings. The molecule has 1 atom stereocenters. The van der Waals surface area contributed by atoms with Gasteiger partial charge in [0.2, 0.25) is 0 Å². The number of rotatable bonds is 50. The second-order valence-corrected chi connectivity index (χ2v) is 18.5. The van der Waals surface area contributed by atoms with E-state index in [-0.39, 0.29) is 37.5 Å². The van der Waals surface area contributed by atoms with E-state index in [9.17, 15) is 14.4 Å². The van der Waals surface area contributed by atoms with Gasteiger partial charge in [-0.3, -0.25) is 14.4 Å². The van der Waals surface area contributed by atoms with Crippen molar-refractivity contribution in [2.45, 2.75) is 290 Å². The van der Waals surface area contributed by atoms with Gasteiger partial charge < -0.3 is 14.2 Å². The zero-order chi connectivity index (χ0) is 46.5. The smallest absolute Gasteiger partial charge is 0.306 e. The van der Waals surface area contributed by atoms with Gasteiger partial charge in [0.15, 0.2) is 6.10 Å². The molecule has 0 aromatic carbocycles. The zero-order valence-electron chi connectivity index (χ0n) is 42.6. The maximum Gasteiger partial charge on any atom is 0.306 e. The minimum absolute atomic E-state index is 0.0884. The van der Waals surface area contributed by atoms with Gasteiger partial charge >= 0.3 is 17.9 Å². The molecule has 0 aromatic heterocycles. The van der Waals surface area contributed by atoms with Gasteiger partial charge in [-0.25, -0.2) is 0 Å². The third-order valence-electron chi connectivity index (χ3n) is 12.1. The molecule has 0 N–H and O–H groups in total. The summed E-state index contributed by atoms with van der Waals surface area (Å²) in [4.78, 5) is 38.0. The summed E-state index contributed by atoms with van der Waals surface area (Å²) in [7, 11) is 0. The predicted molar refractivity (Wildman–Crippen MR) is 275 cm³/mol. The van der Waals surface area contributed by atoms with Gasteiger partial charge in [-0.15, -0.1) is 0 Å². The van der Waals surface area contributed by atoms with Crippen LogP contribution in [-0.2, 0) is 28.6 Å². The highest BCUT2D eigenvalue weighted by Gasteiger charge is 2.19. The van der Waals surface area contributed by atoms with Crippen molar-refractivity contribution in [3.63, 3.8) is 0 Å². The van der Waals surface area contributed by atoms with E-state index in [1.165, 1.54) is 173 Å². The van der Waals surface area contributed by atoms with Crippen LogP contribution in [0.15, 0.2) is 48.6 Å². The van der Waals surface area contributed by atoms with E-state index in [4.69, 9.17) is 14.2 Å². The average Bonchev–Trinajstić information content (AvgIpc) is 3.29. The number of carbonyl (C=O) groups is 3. The van der Waals surface area contributed by atoms with E-state index in [0.717, 1.165) is 64.2 Å². The van der Waals surface area contributed by atoms with E-state index < -0.39 is 6.10 Å². The lowest BCUT2D eigenvalue weighted by atomic mass is 10.0. The van der Waals surface area contributed by atoms with E-state index in [1.807, 2.05) is 0 Å². The Morgan fingerprint density at radius 2 is 0.625 bits per heavy atom. The molecule has 0 spiro atoms. The quantitative estimate of drug-likeness (QED) is 0.0262. The van der Waals surface area contributed by atoms with Gasteiger partial charge in [-0.1, -0.05) is 243 Å². The van der Waals surface area contributed by atoms with Crippen LogP contribution in [0.4, 0.5) is 0 Å². The van der Waals surface area contributed by atoms with Crippen LogP contribution in [0.25, 0.3) is 0 Å². The van der Waals surface area contributed by atoms with Crippen LogP contribution in [0.3, 0.4) is 0 Å². The van der Waals surface area contributed by atoms with Gasteiger partial charge in [0, 0.05) is 19.3 Å². The first-order valence-electron chi connectivity index (χ1n) is 27.6. The lowest BCUT2D eigenvalue weighted by Crippen LogP contribution is -2.30. The molecule has 0 saturated heterocycles. The minimum Gasteiger partial charge on any atom is -0.462 e. The number of hydrogen-bond donors (Lipinski definition) is 0. The van der Waals surface area contributed by atoms with E-state index >= 15 is 0 Å². The topological polar surface area (TPSA) is 78.9 Å². The Morgan fingerprint density at radius 1 is 0.328 bits per heavy atom. The van der Waals surface area contributed by atoms with Crippen molar-refractivity contribution in [1.82, 2.24) is 0 Å². The first-order valence-corrected chi connectivity index (χ1v) is 27.6. The average molecular weight is 897 g/mol. The van der Waals surface area contributed by atoms with Crippen molar-refractivity contribution in [2.24, 2.45) is 0 Å². The molecule has 0 amide bonds.